The molecule has 0 spiro atoms. The Morgan fingerprint density at radius 2 is 1.81 bits per heavy atom. The van der Waals surface area contributed by atoms with E-state index >= 15 is 0 Å². The van der Waals surface area contributed by atoms with E-state index in [1.165, 1.54) is 25.3 Å². The molecule has 0 atom stereocenters. The van der Waals surface area contributed by atoms with Crippen molar-refractivity contribution in [1.29, 1.82) is 5.26 Å². The number of esters is 1. The Hall–Kier alpha value is -4.08. The zero-order chi connectivity index (χ0) is 22.9. The lowest BCUT2D eigenvalue weighted by molar-refractivity contribution is -0.112. The van der Waals surface area contributed by atoms with Crippen LogP contribution in [0, 0.1) is 11.3 Å². The number of anilines is 1. The summed E-state index contributed by atoms with van der Waals surface area (Å²) in [6.45, 7) is 0.292. The Bertz CT molecular complexity index is 1200. The average Bonchev–Trinajstić information content (AvgIpc) is 2.82. The highest BCUT2D eigenvalue weighted by molar-refractivity contribution is 6.31. The molecule has 0 saturated carbocycles. The van der Waals surface area contributed by atoms with Crippen LogP contribution in [-0.4, -0.2) is 19.0 Å². The predicted molar refractivity (Wildman–Crippen MR) is 122 cm³/mol. The Labute approximate surface area is 190 Å². The van der Waals surface area contributed by atoms with Crippen molar-refractivity contribution >= 4 is 35.2 Å². The maximum atomic E-state index is 12.5. The summed E-state index contributed by atoms with van der Waals surface area (Å²) in [4.78, 5) is 24.0. The fourth-order valence-corrected chi connectivity index (χ4v) is 2.98. The van der Waals surface area contributed by atoms with E-state index in [1.807, 2.05) is 24.3 Å². The summed E-state index contributed by atoms with van der Waals surface area (Å²) in [5, 5.41) is 12.7. The highest BCUT2D eigenvalue weighted by atomic mass is 35.5. The first kappa shape index (κ1) is 22.6. The fraction of sp³-hybridized carbons (Fsp3) is 0.0800. The van der Waals surface area contributed by atoms with E-state index in [0.29, 0.717) is 34.2 Å². The molecule has 3 rings (SSSR count). The van der Waals surface area contributed by atoms with Crippen LogP contribution in [0.5, 0.6) is 5.75 Å². The summed E-state index contributed by atoms with van der Waals surface area (Å²) in [6.07, 6.45) is 1.47. The molecule has 0 saturated heterocycles. The molecule has 0 aliphatic heterocycles. The Morgan fingerprint density at radius 1 is 1.06 bits per heavy atom. The average molecular weight is 447 g/mol. The minimum absolute atomic E-state index is 0.0784. The topological polar surface area (TPSA) is 88.4 Å². The largest absolute Gasteiger partial charge is 0.489 e. The molecule has 0 radical (unpaired) electrons. The van der Waals surface area contributed by atoms with Crippen LogP contribution in [0.15, 0.2) is 78.4 Å². The summed E-state index contributed by atoms with van der Waals surface area (Å²) in [5.74, 6) is -0.465. The third kappa shape index (κ3) is 5.97. The van der Waals surface area contributed by atoms with Gasteiger partial charge in [0.2, 0.25) is 0 Å². The predicted octanol–water partition coefficient (Wildman–Crippen LogP) is 5.25. The van der Waals surface area contributed by atoms with Crippen LogP contribution < -0.4 is 10.1 Å². The molecular formula is C25H19ClN2O4. The minimum atomic E-state index is -0.569. The molecule has 0 heterocycles. The third-order valence-electron chi connectivity index (χ3n) is 4.45. The molecule has 0 fully saturated rings. The Morgan fingerprint density at radius 3 is 2.50 bits per heavy atom. The van der Waals surface area contributed by atoms with Crippen molar-refractivity contribution in [3.63, 3.8) is 0 Å². The lowest BCUT2D eigenvalue weighted by atomic mass is 10.1. The van der Waals surface area contributed by atoms with Crippen LogP contribution in [0.4, 0.5) is 5.69 Å². The van der Waals surface area contributed by atoms with E-state index in [9.17, 15) is 14.9 Å². The molecule has 0 aromatic heterocycles. The zero-order valence-corrected chi connectivity index (χ0v) is 17.9. The molecule has 1 amide bonds. The van der Waals surface area contributed by atoms with Crippen LogP contribution >= 0.6 is 11.6 Å². The van der Waals surface area contributed by atoms with Gasteiger partial charge in [-0.3, -0.25) is 4.79 Å². The van der Waals surface area contributed by atoms with Crippen molar-refractivity contribution in [2.45, 2.75) is 6.61 Å². The lowest BCUT2D eigenvalue weighted by Gasteiger charge is -2.09. The molecule has 0 aliphatic carbocycles. The van der Waals surface area contributed by atoms with Gasteiger partial charge in [-0.1, -0.05) is 41.9 Å². The van der Waals surface area contributed by atoms with Gasteiger partial charge in [0.05, 0.1) is 12.7 Å². The van der Waals surface area contributed by atoms with Gasteiger partial charge in [0.15, 0.2) is 0 Å². The van der Waals surface area contributed by atoms with Gasteiger partial charge in [-0.25, -0.2) is 4.79 Å². The zero-order valence-electron chi connectivity index (χ0n) is 17.2. The number of ether oxygens (including phenoxy) is 2. The molecule has 0 aliphatic rings. The number of methoxy groups -OCH3 is 1. The number of carbonyl (C=O) groups is 2. The van der Waals surface area contributed by atoms with Gasteiger partial charge in [-0.05, 0) is 54.1 Å². The quantitative estimate of drug-likeness (QED) is 0.304. The summed E-state index contributed by atoms with van der Waals surface area (Å²) < 4.78 is 10.4. The highest BCUT2D eigenvalue weighted by Gasteiger charge is 2.11. The van der Waals surface area contributed by atoms with E-state index < -0.39 is 11.9 Å². The van der Waals surface area contributed by atoms with E-state index in [-0.39, 0.29) is 5.57 Å². The van der Waals surface area contributed by atoms with Crippen LogP contribution in [0.2, 0.25) is 5.02 Å². The van der Waals surface area contributed by atoms with Crippen molar-refractivity contribution in [2.75, 3.05) is 12.4 Å². The summed E-state index contributed by atoms with van der Waals surface area (Å²) in [5.41, 5.74) is 2.21. The van der Waals surface area contributed by atoms with Gasteiger partial charge >= 0.3 is 5.97 Å². The van der Waals surface area contributed by atoms with Gasteiger partial charge in [0.25, 0.3) is 5.91 Å². The molecule has 0 bridgehead atoms. The van der Waals surface area contributed by atoms with Crippen molar-refractivity contribution in [1.82, 2.24) is 0 Å². The third-order valence-corrected chi connectivity index (χ3v) is 4.82. The van der Waals surface area contributed by atoms with Gasteiger partial charge in [0, 0.05) is 16.3 Å². The van der Waals surface area contributed by atoms with Crippen molar-refractivity contribution in [3.8, 4) is 11.8 Å². The number of rotatable bonds is 7. The molecule has 32 heavy (non-hydrogen) atoms. The maximum absolute atomic E-state index is 12.5. The first-order chi connectivity index (χ1) is 15.5. The van der Waals surface area contributed by atoms with Crippen LogP contribution in [0.3, 0.4) is 0 Å². The van der Waals surface area contributed by atoms with Crippen LogP contribution in [0.1, 0.15) is 21.5 Å². The second-order valence-electron chi connectivity index (χ2n) is 6.65. The highest BCUT2D eigenvalue weighted by Crippen LogP contribution is 2.21. The van der Waals surface area contributed by atoms with Gasteiger partial charge < -0.3 is 14.8 Å². The minimum Gasteiger partial charge on any atom is -0.489 e. The first-order valence-corrected chi connectivity index (χ1v) is 9.95. The summed E-state index contributed by atoms with van der Waals surface area (Å²) in [6, 6.07) is 22.5. The van der Waals surface area contributed by atoms with Crippen molar-refractivity contribution in [3.05, 3.63) is 100 Å². The number of amides is 1. The van der Waals surface area contributed by atoms with Crippen LogP contribution in [0.25, 0.3) is 6.08 Å². The summed E-state index contributed by atoms with van der Waals surface area (Å²) >= 11 is 6.15. The number of hydrogen-bond donors (Lipinski definition) is 1. The second kappa shape index (κ2) is 10.8. The van der Waals surface area contributed by atoms with E-state index in [1.54, 1.807) is 42.5 Å². The Balaban J connectivity index is 1.69. The monoisotopic (exact) mass is 446 g/mol. The molecule has 3 aromatic carbocycles. The maximum Gasteiger partial charge on any atom is 0.337 e. The van der Waals surface area contributed by atoms with Crippen LogP contribution in [-0.2, 0) is 16.1 Å². The normalized spacial score (nSPS) is 10.7. The number of carbonyl (C=O) groups excluding carboxylic acids is 2. The number of nitrogens with zero attached hydrogens (tertiary/aromatic N) is 1. The number of benzene rings is 3. The molecule has 160 valence electrons. The lowest BCUT2D eigenvalue weighted by Crippen LogP contribution is -2.13. The molecule has 7 heteroatoms. The molecule has 0 unspecified atom stereocenters. The SMILES string of the molecule is COC(=O)c1ccc(NC(=O)/C(C#N)=C\c2cccc(OCc3ccccc3Cl)c2)cc1. The number of nitriles is 1. The van der Waals surface area contributed by atoms with E-state index in [4.69, 9.17) is 16.3 Å². The van der Waals surface area contributed by atoms with Crippen molar-refractivity contribution in [2.24, 2.45) is 0 Å². The first-order valence-electron chi connectivity index (χ1n) is 9.58. The fourth-order valence-electron chi connectivity index (χ4n) is 2.79. The number of halogens is 1. The standard InChI is InChI=1S/C25H19ClN2O4/c1-31-25(30)18-9-11-21(12-10-18)28-24(29)20(15-27)13-17-5-4-7-22(14-17)32-16-19-6-2-3-8-23(19)26/h2-14H,16H2,1H3,(H,28,29)/b20-13-. The van der Waals surface area contributed by atoms with E-state index in [0.717, 1.165) is 5.56 Å². The smallest absolute Gasteiger partial charge is 0.337 e. The van der Waals surface area contributed by atoms with E-state index in [2.05, 4.69) is 10.1 Å². The second-order valence-corrected chi connectivity index (χ2v) is 7.05. The van der Waals surface area contributed by atoms with Crippen molar-refractivity contribution < 1.29 is 19.1 Å². The molecule has 6 nitrogen and oxygen atoms in total. The van der Waals surface area contributed by atoms with Gasteiger partial charge in [-0.15, -0.1) is 0 Å². The number of hydrogen-bond acceptors (Lipinski definition) is 5. The summed E-state index contributed by atoms with van der Waals surface area (Å²) in [7, 11) is 1.29. The Kier molecular flexibility index (Phi) is 7.63. The molecular weight excluding hydrogens is 428 g/mol. The van der Waals surface area contributed by atoms with Gasteiger partial charge in [0.1, 0.15) is 24.0 Å². The molecule has 1 N–H and O–H groups in total. The molecule has 3 aromatic rings. The number of nitrogens with one attached hydrogen (secondary N) is 1. The van der Waals surface area contributed by atoms with Gasteiger partial charge in [-0.2, -0.15) is 5.26 Å².